The molecule has 1 nitrogen and oxygen atoms in total. The summed E-state index contributed by atoms with van der Waals surface area (Å²) in [4.78, 5) is 0. The summed E-state index contributed by atoms with van der Waals surface area (Å²) in [6, 6.07) is 5.79. The number of benzene rings is 1. The average molecular weight is 289 g/mol. The van der Waals surface area contributed by atoms with Gasteiger partial charge in [0.2, 0.25) is 0 Å². The van der Waals surface area contributed by atoms with Gasteiger partial charge in [-0.1, -0.05) is 36.7 Å². The second kappa shape index (κ2) is 5.69. The maximum atomic E-state index is 6.07. The zero-order valence-corrected chi connectivity index (χ0v) is 11.1. The van der Waals surface area contributed by atoms with E-state index in [0.717, 1.165) is 22.9 Å². The van der Waals surface area contributed by atoms with Crippen molar-refractivity contribution in [3.8, 4) is 0 Å². The smallest absolute Gasteiger partial charge is 0.0548 e. The Kier molecular flexibility index (Phi) is 4.84. The fourth-order valence-corrected chi connectivity index (χ4v) is 1.83. The first-order chi connectivity index (χ1) is 7.04. The van der Waals surface area contributed by atoms with Crippen LogP contribution in [0, 0.1) is 0 Å². The lowest BCUT2D eigenvalue weighted by Gasteiger charge is -2.13. The minimum absolute atomic E-state index is 0.00557. The van der Waals surface area contributed by atoms with Gasteiger partial charge in [0, 0.05) is 10.5 Å². The standard InChI is InChI=1S/C12H15BrClN/c1-3-8(2)6-12(15)9-4-5-11(14)10(13)7-9/h4-5,7,12H,2-3,6,15H2,1H3. The van der Waals surface area contributed by atoms with Crippen LogP contribution >= 0.6 is 27.5 Å². The van der Waals surface area contributed by atoms with Crippen molar-refractivity contribution in [1.82, 2.24) is 0 Å². The second-order valence-electron chi connectivity index (χ2n) is 3.59. The Hall–Kier alpha value is -0.310. The molecule has 0 amide bonds. The van der Waals surface area contributed by atoms with E-state index in [1.54, 1.807) is 0 Å². The Balaban J connectivity index is 2.78. The van der Waals surface area contributed by atoms with Crippen molar-refractivity contribution in [3.63, 3.8) is 0 Å². The molecule has 0 saturated carbocycles. The minimum Gasteiger partial charge on any atom is -0.324 e. The number of hydrogen-bond donors (Lipinski definition) is 1. The summed E-state index contributed by atoms with van der Waals surface area (Å²) in [5.74, 6) is 0. The highest BCUT2D eigenvalue weighted by Gasteiger charge is 2.08. The van der Waals surface area contributed by atoms with Gasteiger partial charge < -0.3 is 5.73 Å². The molecule has 0 radical (unpaired) electrons. The maximum absolute atomic E-state index is 6.07. The quantitative estimate of drug-likeness (QED) is 0.813. The summed E-state index contributed by atoms with van der Waals surface area (Å²) in [6.07, 6.45) is 1.80. The second-order valence-corrected chi connectivity index (χ2v) is 4.85. The van der Waals surface area contributed by atoms with Crippen molar-refractivity contribution < 1.29 is 0 Å². The van der Waals surface area contributed by atoms with Crippen molar-refractivity contribution in [2.45, 2.75) is 25.8 Å². The third-order valence-electron chi connectivity index (χ3n) is 2.38. The molecule has 0 heterocycles. The van der Waals surface area contributed by atoms with E-state index in [1.807, 2.05) is 18.2 Å². The first kappa shape index (κ1) is 12.8. The highest BCUT2D eigenvalue weighted by molar-refractivity contribution is 9.10. The molecule has 2 N–H and O–H groups in total. The molecule has 1 aromatic carbocycles. The van der Waals surface area contributed by atoms with Gasteiger partial charge in [-0.3, -0.25) is 0 Å². The van der Waals surface area contributed by atoms with Crippen LogP contribution < -0.4 is 5.73 Å². The Morgan fingerprint density at radius 3 is 2.80 bits per heavy atom. The van der Waals surface area contributed by atoms with Gasteiger partial charge in [-0.05, 0) is 46.5 Å². The predicted octanol–water partition coefficient (Wildman–Crippen LogP) is 4.46. The number of halogens is 2. The van der Waals surface area contributed by atoms with Gasteiger partial charge in [0.05, 0.1) is 5.02 Å². The molecule has 15 heavy (non-hydrogen) atoms. The Morgan fingerprint density at radius 2 is 2.27 bits per heavy atom. The molecule has 1 aromatic rings. The molecule has 1 atom stereocenters. The van der Waals surface area contributed by atoms with E-state index in [0.29, 0.717) is 5.02 Å². The molecule has 3 heteroatoms. The van der Waals surface area contributed by atoms with Crippen LogP contribution in [-0.2, 0) is 0 Å². The largest absolute Gasteiger partial charge is 0.324 e. The van der Waals surface area contributed by atoms with E-state index >= 15 is 0 Å². The van der Waals surface area contributed by atoms with E-state index in [2.05, 4.69) is 29.4 Å². The third-order valence-corrected chi connectivity index (χ3v) is 3.59. The summed E-state index contributed by atoms with van der Waals surface area (Å²) in [6.45, 7) is 6.05. The van der Waals surface area contributed by atoms with Crippen molar-refractivity contribution in [1.29, 1.82) is 0 Å². The lowest BCUT2D eigenvalue weighted by molar-refractivity contribution is 0.701. The topological polar surface area (TPSA) is 26.0 Å². The van der Waals surface area contributed by atoms with Gasteiger partial charge in [-0.2, -0.15) is 0 Å². The minimum atomic E-state index is 0.00557. The summed E-state index contributed by atoms with van der Waals surface area (Å²) < 4.78 is 0.888. The highest BCUT2D eigenvalue weighted by atomic mass is 79.9. The van der Waals surface area contributed by atoms with Gasteiger partial charge in [-0.25, -0.2) is 0 Å². The molecular formula is C12H15BrClN. The molecule has 0 aliphatic heterocycles. The Morgan fingerprint density at radius 1 is 1.60 bits per heavy atom. The van der Waals surface area contributed by atoms with E-state index in [-0.39, 0.29) is 6.04 Å². The van der Waals surface area contributed by atoms with Crippen molar-refractivity contribution >= 4 is 27.5 Å². The van der Waals surface area contributed by atoms with Crippen LogP contribution in [0.5, 0.6) is 0 Å². The fraction of sp³-hybridized carbons (Fsp3) is 0.333. The van der Waals surface area contributed by atoms with E-state index in [9.17, 15) is 0 Å². The van der Waals surface area contributed by atoms with Crippen LogP contribution in [-0.4, -0.2) is 0 Å². The lowest BCUT2D eigenvalue weighted by Crippen LogP contribution is -2.10. The predicted molar refractivity (Wildman–Crippen MR) is 70.1 cm³/mol. The van der Waals surface area contributed by atoms with Gasteiger partial charge in [0.15, 0.2) is 0 Å². The average Bonchev–Trinajstić information content (AvgIpc) is 2.21. The molecule has 1 unspecified atom stereocenters. The molecule has 1 rings (SSSR count). The van der Waals surface area contributed by atoms with Crippen molar-refractivity contribution in [2.75, 3.05) is 0 Å². The highest BCUT2D eigenvalue weighted by Crippen LogP contribution is 2.27. The molecule has 0 saturated heterocycles. The van der Waals surface area contributed by atoms with Gasteiger partial charge in [0.1, 0.15) is 0 Å². The molecule has 0 aliphatic rings. The van der Waals surface area contributed by atoms with E-state index in [1.165, 1.54) is 5.57 Å². The molecule has 0 aromatic heterocycles. The van der Waals surface area contributed by atoms with E-state index in [4.69, 9.17) is 17.3 Å². The van der Waals surface area contributed by atoms with Crippen LogP contribution in [0.4, 0.5) is 0 Å². The summed E-state index contributed by atoms with van der Waals surface area (Å²) in [5, 5.41) is 0.709. The van der Waals surface area contributed by atoms with Gasteiger partial charge in [0.25, 0.3) is 0 Å². The normalized spacial score (nSPS) is 12.5. The van der Waals surface area contributed by atoms with E-state index < -0.39 is 0 Å². The first-order valence-corrected chi connectivity index (χ1v) is 6.08. The Labute approximate surface area is 104 Å². The SMILES string of the molecule is C=C(CC)CC(N)c1ccc(Cl)c(Br)c1. The Bertz CT molecular complexity index is 363. The van der Waals surface area contributed by atoms with Crippen LogP contribution in [0.3, 0.4) is 0 Å². The third kappa shape index (κ3) is 3.63. The molecule has 0 spiro atoms. The number of rotatable bonds is 4. The first-order valence-electron chi connectivity index (χ1n) is 4.91. The molecule has 0 fully saturated rings. The van der Waals surface area contributed by atoms with Crippen LogP contribution in [0.1, 0.15) is 31.4 Å². The number of hydrogen-bond acceptors (Lipinski definition) is 1. The maximum Gasteiger partial charge on any atom is 0.0548 e. The summed E-state index contributed by atoms with van der Waals surface area (Å²) >= 11 is 9.30. The van der Waals surface area contributed by atoms with Crippen LogP contribution in [0.25, 0.3) is 0 Å². The van der Waals surface area contributed by atoms with Crippen LogP contribution in [0.15, 0.2) is 34.8 Å². The monoisotopic (exact) mass is 287 g/mol. The lowest BCUT2D eigenvalue weighted by atomic mass is 9.99. The summed E-state index contributed by atoms with van der Waals surface area (Å²) in [5.41, 5.74) is 8.32. The van der Waals surface area contributed by atoms with Gasteiger partial charge in [-0.15, -0.1) is 0 Å². The number of nitrogens with two attached hydrogens (primary N) is 1. The fourth-order valence-electron chi connectivity index (χ4n) is 1.32. The van der Waals surface area contributed by atoms with Crippen LogP contribution in [0.2, 0.25) is 5.02 Å². The summed E-state index contributed by atoms with van der Waals surface area (Å²) in [7, 11) is 0. The molecule has 0 aliphatic carbocycles. The molecular weight excluding hydrogens is 273 g/mol. The zero-order valence-electron chi connectivity index (χ0n) is 8.76. The molecule has 82 valence electrons. The van der Waals surface area contributed by atoms with Crippen molar-refractivity contribution in [3.05, 3.63) is 45.4 Å². The van der Waals surface area contributed by atoms with Gasteiger partial charge >= 0.3 is 0 Å². The zero-order chi connectivity index (χ0) is 11.4. The van der Waals surface area contributed by atoms with Crippen molar-refractivity contribution in [2.24, 2.45) is 5.73 Å². The molecule has 0 bridgehead atoms.